The molecule has 1 rings (SSSR count). The van der Waals surface area contributed by atoms with Crippen molar-refractivity contribution >= 4 is 5.91 Å². The summed E-state index contributed by atoms with van der Waals surface area (Å²) < 4.78 is 0. The molecule has 1 saturated carbocycles. The van der Waals surface area contributed by atoms with Crippen molar-refractivity contribution in [2.45, 2.75) is 33.6 Å². The number of nitrogens with one attached hydrogen (secondary N) is 1. The normalized spacial score (nSPS) is 17.5. The van der Waals surface area contributed by atoms with Crippen molar-refractivity contribution in [2.75, 3.05) is 6.54 Å². The lowest BCUT2D eigenvalue weighted by atomic mass is 9.92. The quantitative estimate of drug-likeness (QED) is 0.654. The number of carbonyl (C=O) groups excluding carboxylic acids is 1. The Labute approximate surface area is 80.1 Å². The minimum absolute atomic E-state index is 0.144. The first-order chi connectivity index (χ1) is 6.10. The van der Waals surface area contributed by atoms with Crippen LogP contribution in [0, 0.1) is 23.2 Å². The van der Waals surface area contributed by atoms with Gasteiger partial charge in [0.1, 0.15) is 0 Å². The lowest BCUT2D eigenvalue weighted by Crippen LogP contribution is -2.31. The van der Waals surface area contributed by atoms with Crippen LogP contribution in [0.15, 0.2) is 0 Å². The second-order valence-corrected chi connectivity index (χ2v) is 4.07. The minimum atomic E-state index is -0.144. The minimum Gasteiger partial charge on any atom is -0.345 e. The van der Waals surface area contributed by atoms with Crippen LogP contribution in [0.1, 0.15) is 33.6 Å². The number of rotatable bonds is 3. The van der Waals surface area contributed by atoms with Crippen molar-refractivity contribution in [2.24, 2.45) is 11.3 Å². The second-order valence-electron chi connectivity index (χ2n) is 4.07. The molecule has 0 spiro atoms. The van der Waals surface area contributed by atoms with Crippen molar-refractivity contribution in [1.29, 1.82) is 0 Å². The maximum absolute atomic E-state index is 11.1. The third-order valence-electron chi connectivity index (χ3n) is 2.96. The van der Waals surface area contributed by atoms with Gasteiger partial charge >= 0.3 is 0 Å². The van der Waals surface area contributed by atoms with E-state index in [4.69, 9.17) is 0 Å². The lowest BCUT2D eigenvalue weighted by Gasteiger charge is -2.18. The molecule has 0 aromatic carbocycles. The number of hydrogen-bond donors (Lipinski definition) is 1. The molecule has 1 amide bonds. The summed E-state index contributed by atoms with van der Waals surface area (Å²) in [5, 5.41) is 2.86. The van der Waals surface area contributed by atoms with Crippen LogP contribution in [0.5, 0.6) is 0 Å². The van der Waals surface area contributed by atoms with Crippen LogP contribution in [0.2, 0.25) is 0 Å². The standard InChI is InChI=1S/C11H17NO/c1-4-5-10(13)12-8-11(6-7-11)9(2)3/h9H,6-8H2,1-3H3,(H,12,13). The maximum atomic E-state index is 11.1. The molecule has 0 aromatic rings. The first kappa shape index (κ1) is 10.1. The monoisotopic (exact) mass is 179 g/mol. The molecule has 13 heavy (non-hydrogen) atoms. The fraction of sp³-hybridized carbons (Fsp3) is 0.727. The molecule has 0 heterocycles. The predicted molar refractivity (Wildman–Crippen MR) is 53.0 cm³/mol. The average Bonchev–Trinajstić information content (AvgIpc) is 2.82. The lowest BCUT2D eigenvalue weighted by molar-refractivity contribution is -0.116. The van der Waals surface area contributed by atoms with Gasteiger partial charge in [-0.3, -0.25) is 4.79 Å². The Morgan fingerprint density at radius 3 is 2.54 bits per heavy atom. The van der Waals surface area contributed by atoms with Crippen LogP contribution >= 0.6 is 0 Å². The van der Waals surface area contributed by atoms with Crippen LogP contribution in [-0.4, -0.2) is 12.5 Å². The SMILES string of the molecule is CC#CC(=O)NCC1(C(C)C)CC1. The molecule has 0 bridgehead atoms. The van der Waals surface area contributed by atoms with Crippen LogP contribution < -0.4 is 5.32 Å². The zero-order valence-electron chi connectivity index (χ0n) is 8.61. The molecular weight excluding hydrogens is 162 g/mol. The topological polar surface area (TPSA) is 29.1 Å². The molecule has 0 aromatic heterocycles. The highest BCUT2D eigenvalue weighted by atomic mass is 16.1. The predicted octanol–water partition coefficient (Wildman–Crippen LogP) is 1.56. The van der Waals surface area contributed by atoms with Crippen LogP contribution in [0.25, 0.3) is 0 Å². The van der Waals surface area contributed by atoms with E-state index in [0.717, 1.165) is 6.54 Å². The third-order valence-corrected chi connectivity index (χ3v) is 2.96. The number of hydrogen-bond acceptors (Lipinski definition) is 1. The molecule has 0 saturated heterocycles. The van der Waals surface area contributed by atoms with Gasteiger partial charge in [-0.15, -0.1) is 0 Å². The van der Waals surface area contributed by atoms with Crippen LogP contribution in [0.3, 0.4) is 0 Å². The van der Waals surface area contributed by atoms with Crippen molar-refractivity contribution in [3.8, 4) is 11.8 Å². The fourth-order valence-electron chi connectivity index (χ4n) is 1.53. The van der Waals surface area contributed by atoms with E-state index in [1.807, 2.05) is 0 Å². The van der Waals surface area contributed by atoms with E-state index in [9.17, 15) is 4.79 Å². The fourth-order valence-corrected chi connectivity index (χ4v) is 1.53. The summed E-state index contributed by atoms with van der Waals surface area (Å²) in [5.74, 6) is 5.59. The van der Waals surface area contributed by atoms with E-state index in [1.54, 1.807) is 6.92 Å². The Bertz CT molecular complexity index is 253. The molecule has 0 atom stereocenters. The van der Waals surface area contributed by atoms with Gasteiger partial charge in [-0.05, 0) is 37.0 Å². The Hall–Kier alpha value is -0.970. The molecule has 1 N–H and O–H groups in total. The van der Waals surface area contributed by atoms with Gasteiger partial charge in [0.2, 0.25) is 0 Å². The maximum Gasteiger partial charge on any atom is 0.295 e. The molecule has 72 valence electrons. The second kappa shape index (κ2) is 3.83. The highest BCUT2D eigenvalue weighted by Crippen LogP contribution is 2.51. The van der Waals surface area contributed by atoms with E-state index in [0.29, 0.717) is 11.3 Å². The number of carbonyl (C=O) groups is 1. The van der Waals surface area contributed by atoms with Gasteiger partial charge in [-0.2, -0.15) is 0 Å². The van der Waals surface area contributed by atoms with Gasteiger partial charge in [0.25, 0.3) is 5.91 Å². The van der Waals surface area contributed by atoms with E-state index in [-0.39, 0.29) is 5.91 Å². The molecule has 0 radical (unpaired) electrons. The van der Waals surface area contributed by atoms with Crippen LogP contribution in [0.4, 0.5) is 0 Å². The van der Waals surface area contributed by atoms with Gasteiger partial charge in [-0.1, -0.05) is 19.8 Å². The van der Waals surface area contributed by atoms with E-state index in [1.165, 1.54) is 12.8 Å². The molecule has 0 unspecified atom stereocenters. The summed E-state index contributed by atoms with van der Waals surface area (Å²) in [6, 6.07) is 0. The Morgan fingerprint density at radius 1 is 1.54 bits per heavy atom. The summed E-state index contributed by atoms with van der Waals surface area (Å²) in [6.45, 7) is 6.89. The van der Waals surface area contributed by atoms with E-state index < -0.39 is 0 Å². The van der Waals surface area contributed by atoms with E-state index >= 15 is 0 Å². The van der Waals surface area contributed by atoms with Crippen molar-refractivity contribution in [1.82, 2.24) is 5.32 Å². The molecule has 1 fully saturated rings. The Balaban J connectivity index is 2.33. The summed E-state index contributed by atoms with van der Waals surface area (Å²) in [4.78, 5) is 11.1. The first-order valence-corrected chi connectivity index (χ1v) is 4.81. The molecule has 2 heteroatoms. The zero-order valence-corrected chi connectivity index (χ0v) is 8.61. The molecule has 2 nitrogen and oxygen atoms in total. The summed E-state index contributed by atoms with van der Waals surface area (Å²) in [7, 11) is 0. The summed E-state index contributed by atoms with van der Waals surface area (Å²) in [5.41, 5.74) is 0.380. The van der Waals surface area contributed by atoms with Gasteiger partial charge in [0.15, 0.2) is 0 Å². The number of amides is 1. The largest absolute Gasteiger partial charge is 0.345 e. The molecule has 0 aliphatic heterocycles. The summed E-state index contributed by atoms with van der Waals surface area (Å²) >= 11 is 0. The van der Waals surface area contributed by atoms with Crippen molar-refractivity contribution in [3.05, 3.63) is 0 Å². The van der Waals surface area contributed by atoms with Crippen molar-refractivity contribution < 1.29 is 4.79 Å². The average molecular weight is 179 g/mol. The first-order valence-electron chi connectivity index (χ1n) is 4.81. The van der Waals surface area contributed by atoms with Crippen molar-refractivity contribution in [3.63, 3.8) is 0 Å². The van der Waals surface area contributed by atoms with E-state index in [2.05, 4.69) is 31.0 Å². The Morgan fingerprint density at radius 2 is 2.15 bits per heavy atom. The highest BCUT2D eigenvalue weighted by molar-refractivity contribution is 5.93. The smallest absolute Gasteiger partial charge is 0.295 e. The molecular formula is C11H17NO. The van der Waals surface area contributed by atoms with Gasteiger partial charge in [-0.25, -0.2) is 0 Å². The van der Waals surface area contributed by atoms with Gasteiger partial charge in [0.05, 0.1) is 0 Å². The third kappa shape index (κ3) is 2.48. The van der Waals surface area contributed by atoms with Gasteiger partial charge < -0.3 is 5.32 Å². The highest BCUT2D eigenvalue weighted by Gasteiger charge is 2.45. The summed E-state index contributed by atoms with van der Waals surface area (Å²) in [6.07, 6.45) is 2.48. The molecule has 1 aliphatic carbocycles. The van der Waals surface area contributed by atoms with Gasteiger partial charge in [0, 0.05) is 6.54 Å². The Kier molecular flexibility index (Phi) is 2.98. The zero-order chi connectivity index (χ0) is 9.90. The van der Waals surface area contributed by atoms with Crippen LogP contribution in [-0.2, 0) is 4.79 Å². The molecule has 1 aliphatic rings.